The molecule has 0 aliphatic rings. The molecule has 13 heavy (non-hydrogen) atoms. The molecule has 0 aliphatic carbocycles. The van der Waals surface area contributed by atoms with Crippen molar-refractivity contribution in [3.63, 3.8) is 0 Å². The molecular formula is C8H11N3O2. The average molecular weight is 181 g/mol. The van der Waals surface area contributed by atoms with Crippen molar-refractivity contribution in [3.05, 3.63) is 23.8 Å². The molecule has 1 aromatic carbocycles. The number of nitrogens with two attached hydrogens (primary N) is 3. The van der Waals surface area contributed by atoms with Crippen molar-refractivity contribution in [1.29, 1.82) is 0 Å². The van der Waals surface area contributed by atoms with Crippen molar-refractivity contribution < 1.29 is 9.53 Å². The maximum absolute atomic E-state index is 11.1. The van der Waals surface area contributed by atoms with Crippen LogP contribution >= 0.6 is 0 Å². The third kappa shape index (κ3) is 2.34. The van der Waals surface area contributed by atoms with Crippen LogP contribution in [0.25, 0.3) is 0 Å². The highest BCUT2D eigenvalue weighted by Crippen LogP contribution is 2.14. The van der Waals surface area contributed by atoms with E-state index < -0.39 is 5.97 Å². The molecule has 1 aromatic rings. The van der Waals surface area contributed by atoms with E-state index in [0.717, 1.165) is 0 Å². The predicted octanol–water partition coefficient (Wildman–Crippen LogP) is -0.0760. The van der Waals surface area contributed by atoms with E-state index in [1.54, 1.807) is 6.07 Å². The largest absolute Gasteiger partial charge is 0.446 e. The van der Waals surface area contributed by atoms with Crippen LogP contribution in [0, 0.1) is 0 Å². The van der Waals surface area contributed by atoms with Crippen LogP contribution in [-0.4, -0.2) is 12.7 Å². The van der Waals surface area contributed by atoms with Crippen molar-refractivity contribution in [2.24, 2.45) is 5.73 Å². The van der Waals surface area contributed by atoms with Gasteiger partial charge in [0.25, 0.3) is 0 Å². The van der Waals surface area contributed by atoms with Crippen molar-refractivity contribution in [1.82, 2.24) is 0 Å². The SMILES string of the molecule is NCOC(=O)c1cc(N)cc(N)c1. The zero-order valence-corrected chi connectivity index (χ0v) is 6.99. The van der Waals surface area contributed by atoms with Crippen LogP contribution in [0.3, 0.4) is 0 Å². The molecule has 0 heterocycles. The smallest absolute Gasteiger partial charge is 0.339 e. The Morgan fingerprint density at radius 3 is 2.23 bits per heavy atom. The molecule has 0 saturated heterocycles. The molecule has 0 bridgehead atoms. The summed E-state index contributed by atoms with van der Waals surface area (Å²) in [5.74, 6) is -0.526. The number of anilines is 2. The molecule has 0 aromatic heterocycles. The summed E-state index contributed by atoms with van der Waals surface area (Å²) >= 11 is 0. The van der Waals surface area contributed by atoms with E-state index in [9.17, 15) is 4.79 Å². The standard InChI is InChI=1S/C8H11N3O2/c9-4-13-8(12)5-1-6(10)3-7(11)2-5/h1-3H,4,9-11H2. The minimum Gasteiger partial charge on any atom is -0.446 e. The zero-order valence-electron chi connectivity index (χ0n) is 6.99. The number of carbonyl (C=O) groups excluding carboxylic acids is 1. The maximum atomic E-state index is 11.1. The highest BCUT2D eigenvalue weighted by molar-refractivity contribution is 5.91. The molecule has 1 rings (SSSR count). The Bertz CT molecular complexity index is 305. The lowest BCUT2D eigenvalue weighted by Crippen LogP contribution is -2.12. The molecule has 0 amide bonds. The third-order valence-corrected chi connectivity index (χ3v) is 1.43. The van der Waals surface area contributed by atoms with Gasteiger partial charge in [-0.05, 0) is 18.2 Å². The van der Waals surface area contributed by atoms with E-state index >= 15 is 0 Å². The third-order valence-electron chi connectivity index (χ3n) is 1.43. The Kier molecular flexibility index (Phi) is 2.71. The first-order chi connectivity index (χ1) is 6.13. The number of carbonyl (C=O) groups is 1. The quantitative estimate of drug-likeness (QED) is 0.336. The molecule has 5 nitrogen and oxygen atoms in total. The second kappa shape index (κ2) is 3.77. The number of esters is 1. The first-order valence-electron chi connectivity index (χ1n) is 3.66. The second-order valence-electron chi connectivity index (χ2n) is 2.49. The molecule has 0 unspecified atom stereocenters. The van der Waals surface area contributed by atoms with Crippen molar-refractivity contribution in [2.45, 2.75) is 0 Å². The summed E-state index contributed by atoms with van der Waals surface area (Å²) in [7, 11) is 0. The van der Waals surface area contributed by atoms with Crippen LogP contribution in [0.4, 0.5) is 11.4 Å². The molecule has 0 aliphatic heterocycles. The van der Waals surface area contributed by atoms with E-state index in [0.29, 0.717) is 16.9 Å². The summed E-state index contributed by atoms with van der Waals surface area (Å²) in [6.45, 7) is -0.159. The molecule has 0 saturated carbocycles. The van der Waals surface area contributed by atoms with Crippen LogP contribution in [0.15, 0.2) is 18.2 Å². The first kappa shape index (κ1) is 9.34. The van der Waals surface area contributed by atoms with Gasteiger partial charge in [0, 0.05) is 11.4 Å². The summed E-state index contributed by atoms with van der Waals surface area (Å²) < 4.78 is 4.57. The highest BCUT2D eigenvalue weighted by Gasteiger charge is 2.07. The topological polar surface area (TPSA) is 104 Å². The molecule has 0 radical (unpaired) electrons. The Balaban J connectivity index is 2.94. The van der Waals surface area contributed by atoms with Gasteiger partial charge in [0.2, 0.25) is 0 Å². The molecule has 5 heteroatoms. The maximum Gasteiger partial charge on any atom is 0.339 e. The fraction of sp³-hybridized carbons (Fsp3) is 0.125. The second-order valence-corrected chi connectivity index (χ2v) is 2.49. The lowest BCUT2D eigenvalue weighted by atomic mass is 10.2. The van der Waals surface area contributed by atoms with Crippen molar-refractivity contribution in [3.8, 4) is 0 Å². The van der Waals surface area contributed by atoms with E-state index in [1.165, 1.54) is 12.1 Å². The van der Waals surface area contributed by atoms with Gasteiger partial charge in [0.1, 0.15) is 6.73 Å². The Morgan fingerprint density at radius 1 is 1.23 bits per heavy atom. The number of rotatable bonds is 2. The van der Waals surface area contributed by atoms with Gasteiger partial charge < -0.3 is 16.2 Å². The number of benzene rings is 1. The van der Waals surface area contributed by atoms with E-state index in [4.69, 9.17) is 17.2 Å². The van der Waals surface area contributed by atoms with Gasteiger partial charge in [-0.25, -0.2) is 4.79 Å². The molecule has 6 N–H and O–H groups in total. The monoisotopic (exact) mass is 181 g/mol. The minimum absolute atomic E-state index is 0.159. The van der Waals surface area contributed by atoms with Gasteiger partial charge in [-0.2, -0.15) is 0 Å². The fourth-order valence-corrected chi connectivity index (χ4v) is 0.953. The van der Waals surface area contributed by atoms with Crippen LogP contribution in [0.1, 0.15) is 10.4 Å². The first-order valence-corrected chi connectivity index (χ1v) is 3.66. The zero-order chi connectivity index (χ0) is 9.84. The van der Waals surface area contributed by atoms with Gasteiger partial charge in [-0.15, -0.1) is 0 Å². The van der Waals surface area contributed by atoms with Gasteiger partial charge >= 0.3 is 5.97 Å². The molecular weight excluding hydrogens is 170 g/mol. The van der Waals surface area contributed by atoms with Crippen molar-refractivity contribution in [2.75, 3.05) is 18.2 Å². The minimum atomic E-state index is -0.526. The summed E-state index contributed by atoms with van der Waals surface area (Å²) in [5, 5.41) is 0. The molecule has 70 valence electrons. The Hall–Kier alpha value is -1.75. The predicted molar refractivity (Wildman–Crippen MR) is 49.7 cm³/mol. The van der Waals surface area contributed by atoms with Crippen molar-refractivity contribution >= 4 is 17.3 Å². The average Bonchev–Trinajstić information content (AvgIpc) is 2.03. The van der Waals surface area contributed by atoms with Gasteiger partial charge in [0.15, 0.2) is 0 Å². The number of nitrogen functional groups attached to an aromatic ring is 2. The lowest BCUT2D eigenvalue weighted by Gasteiger charge is -2.03. The molecule has 0 spiro atoms. The van der Waals surface area contributed by atoms with Gasteiger partial charge in [0.05, 0.1) is 5.56 Å². The summed E-state index contributed by atoms with van der Waals surface area (Å²) in [5.41, 5.74) is 17.1. The van der Waals surface area contributed by atoms with Gasteiger partial charge in [-0.1, -0.05) is 0 Å². The van der Waals surface area contributed by atoms with E-state index in [2.05, 4.69) is 4.74 Å². The Morgan fingerprint density at radius 2 is 1.77 bits per heavy atom. The van der Waals surface area contributed by atoms with E-state index in [1.807, 2.05) is 0 Å². The highest BCUT2D eigenvalue weighted by atomic mass is 16.5. The Labute approximate surface area is 75.5 Å². The summed E-state index contributed by atoms with van der Waals surface area (Å²) in [6.07, 6.45) is 0. The fourth-order valence-electron chi connectivity index (χ4n) is 0.953. The summed E-state index contributed by atoms with van der Waals surface area (Å²) in [4.78, 5) is 11.1. The van der Waals surface area contributed by atoms with Gasteiger partial charge in [-0.3, -0.25) is 5.73 Å². The van der Waals surface area contributed by atoms with Crippen LogP contribution in [-0.2, 0) is 4.74 Å². The summed E-state index contributed by atoms with van der Waals surface area (Å²) in [6, 6.07) is 4.52. The van der Waals surface area contributed by atoms with Crippen LogP contribution in [0.5, 0.6) is 0 Å². The molecule has 0 fully saturated rings. The number of hydrogen-bond acceptors (Lipinski definition) is 5. The van der Waals surface area contributed by atoms with Crippen LogP contribution < -0.4 is 17.2 Å². The molecule has 0 atom stereocenters. The van der Waals surface area contributed by atoms with E-state index in [-0.39, 0.29) is 6.73 Å². The normalized spacial score (nSPS) is 9.62. The number of ether oxygens (including phenoxy) is 1. The lowest BCUT2D eigenvalue weighted by molar-refractivity contribution is 0.0515. The number of hydrogen-bond donors (Lipinski definition) is 3. The van der Waals surface area contributed by atoms with Crippen LogP contribution in [0.2, 0.25) is 0 Å².